The number of rotatable bonds is 8. The quantitative estimate of drug-likeness (QED) is 0.688. The van der Waals surface area contributed by atoms with E-state index in [9.17, 15) is 4.79 Å². The van der Waals surface area contributed by atoms with Crippen LogP contribution in [0.25, 0.3) is 0 Å². The first kappa shape index (κ1) is 19.0. The van der Waals surface area contributed by atoms with Crippen molar-refractivity contribution in [3.63, 3.8) is 0 Å². The number of hydrogen-bond acceptors (Lipinski definition) is 2. The second kappa shape index (κ2) is 9.24. The predicted octanol–water partition coefficient (Wildman–Crippen LogP) is 4.36. The molecular weight excluding hydrogens is 348 g/mol. The summed E-state index contributed by atoms with van der Waals surface area (Å²) in [6.07, 6.45) is 6.41. The summed E-state index contributed by atoms with van der Waals surface area (Å²) in [6.45, 7) is 2.50. The third-order valence-electron chi connectivity index (χ3n) is 5.16. The van der Waals surface area contributed by atoms with Crippen molar-refractivity contribution in [2.75, 3.05) is 20.3 Å². The van der Waals surface area contributed by atoms with Gasteiger partial charge < -0.3 is 14.2 Å². The molecule has 1 aliphatic carbocycles. The molecule has 1 fully saturated rings. The molecular formula is C21H27ClN2O2. The molecule has 4 nitrogen and oxygen atoms in total. The fourth-order valence-electron chi connectivity index (χ4n) is 3.65. The van der Waals surface area contributed by atoms with Crippen LogP contribution in [0.1, 0.15) is 36.9 Å². The average molecular weight is 375 g/mol. The maximum Gasteiger partial charge on any atom is 0.226 e. The van der Waals surface area contributed by atoms with Crippen molar-refractivity contribution in [3.05, 3.63) is 58.9 Å². The number of carbonyl (C=O) groups excluding carboxylic acids is 1. The molecule has 1 aromatic heterocycles. The molecule has 1 amide bonds. The molecule has 3 rings (SSSR count). The van der Waals surface area contributed by atoms with Gasteiger partial charge in [0, 0.05) is 43.0 Å². The zero-order chi connectivity index (χ0) is 18.4. The molecule has 2 aromatic rings. The van der Waals surface area contributed by atoms with Crippen LogP contribution in [0, 0.1) is 5.92 Å². The molecule has 26 heavy (non-hydrogen) atoms. The van der Waals surface area contributed by atoms with Crippen LogP contribution in [-0.4, -0.2) is 35.6 Å². The maximum atomic E-state index is 12.9. The number of ether oxygens (including phenoxy) is 1. The summed E-state index contributed by atoms with van der Waals surface area (Å²) in [6, 6.07) is 12.0. The maximum absolute atomic E-state index is 12.9. The lowest BCUT2D eigenvalue weighted by atomic mass is 10.1. The van der Waals surface area contributed by atoms with Crippen molar-refractivity contribution in [3.8, 4) is 0 Å². The van der Waals surface area contributed by atoms with Gasteiger partial charge in [-0.2, -0.15) is 0 Å². The molecule has 1 aromatic carbocycles. The van der Waals surface area contributed by atoms with E-state index in [4.69, 9.17) is 16.3 Å². The van der Waals surface area contributed by atoms with Crippen LogP contribution in [0.2, 0.25) is 5.02 Å². The summed E-state index contributed by atoms with van der Waals surface area (Å²) in [5.41, 5.74) is 2.20. The zero-order valence-corrected chi connectivity index (χ0v) is 16.1. The van der Waals surface area contributed by atoms with E-state index in [0.29, 0.717) is 26.2 Å². The van der Waals surface area contributed by atoms with Crippen LogP contribution in [-0.2, 0) is 22.6 Å². The lowest BCUT2D eigenvalue weighted by Gasteiger charge is -2.26. The predicted molar refractivity (Wildman–Crippen MR) is 104 cm³/mol. The third kappa shape index (κ3) is 4.68. The number of nitrogens with zero attached hydrogens (tertiary/aromatic N) is 2. The van der Waals surface area contributed by atoms with Crippen LogP contribution in [0.15, 0.2) is 42.6 Å². The summed E-state index contributed by atoms with van der Waals surface area (Å²) in [5.74, 6) is 0.448. The van der Waals surface area contributed by atoms with Gasteiger partial charge in [0.1, 0.15) is 0 Å². The Morgan fingerprint density at radius 2 is 2.00 bits per heavy atom. The molecule has 0 aliphatic heterocycles. The number of aromatic nitrogens is 1. The number of hydrogen-bond donors (Lipinski definition) is 0. The van der Waals surface area contributed by atoms with Gasteiger partial charge in [-0.05, 0) is 36.6 Å². The molecule has 0 unspecified atom stereocenters. The van der Waals surface area contributed by atoms with Gasteiger partial charge >= 0.3 is 0 Å². The second-order valence-corrected chi connectivity index (χ2v) is 7.36. The van der Waals surface area contributed by atoms with Crippen LogP contribution < -0.4 is 0 Å². The van der Waals surface area contributed by atoms with Gasteiger partial charge in [0.15, 0.2) is 0 Å². The zero-order valence-electron chi connectivity index (χ0n) is 15.4. The molecule has 1 aliphatic rings. The Morgan fingerprint density at radius 3 is 2.73 bits per heavy atom. The molecule has 0 spiro atoms. The Balaban J connectivity index is 1.73. The Labute approximate surface area is 160 Å². The smallest absolute Gasteiger partial charge is 0.226 e. The first-order chi connectivity index (χ1) is 12.7. The van der Waals surface area contributed by atoms with Crippen LogP contribution in [0.5, 0.6) is 0 Å². The standard InChI is InChI=1S/C21H27ClN2O2/c1-26-14-13-24(21(25)17-7-2-3-8-17)16-19-10-6-12-23(19)15-18-9-4-5-11-20(18)22/h4-6,9-12,17H,2-3,7-8,13-16H2,1H3. The molecule has 1 heterocycles. The molecule has 0 radical (unpaired) electrons. The topological polar surface area (TPSA) is 34.5 Å². The van der Waals surface area contributed by atoms with Crippen molar-refractivity contribution >= 4 is 17.5 Å². The highest BCUT2D eigenvalue weighted by Gasteiger charge is 2.27. The fraction of sp³-hybridized carbons (Fsp3) is 0.476. The SMILES string of the molecule is COCCN(Cc1cccn1Cc1ccccc1Cl)C(=O)C1CCCC1. The van der Waals surface area contributed by atoms with Gasteiger partial charge in [0.2, 0.25) is 5.91 Å². The summed E-state index contributed by atoms with van der Waals surface area (Å²) < 4.78 is 7.40. The first-order valence-electron chi connectivity index (χ1n) is 9.34. The van der Waals surface area contributed by atoms with Gasteiger partial charge in [-0.1, -0.05) is 42.6 Å². The second-order valence-electron chi connectivity index (χ2n) is 6.95. The number of amides is 1. The normalized spacial score (nSPS) is 14.7. The number of methoxy groups -OCH3 is 1. The van der Waals surface area contributed by atoms with Crippen LogP contribution >= 0.6 is 11.6 Å². The lowest BCUT2D eigenvalue weighted by Crippen LogP contribution is -2.37. The van der Waals surface area contributed by atoms with E-state index in [1.165, 1.54) is 0 Å². The number of benzene rings is 1. The Morgan fingerprint density at radius 1 is 1.23 bits per heavy atom. The highest BCUT2D eigenvalue weighted by molar-refractivity contribution is 6.31. The minimum atomic E-state index is 0.179. The third-order valence-corrected chi connectivity index (χ3v) is 5.53. The van der Waals surface area contributed by atoms with Crippen LogP contribution in [0.4, 0.5) is 0 Å². The van der Waals surface area contributed by atoms with E-state index in [-0.39, 0.29) is 11.8 Å². The summed E-state index contributed by atoms with van der Waals surface area (Å²) in [5, 5.41) is 0.769. The first-order valence-corrected chi connectivity index (χ1v) is 9.72. The van der Waals surface area contributed by atoms with Crippen LogP contribution in [0.3, 0.4) is 0 Å². The van der Waals surface area contributed by atoms with E-state index in [1.54, 1.807) is 7.11 Å². The summed E-state index contributed by atoms with van der Waals surface area (Å²) >= 11 is 6.31. The minimum Gasteiger partial charge on any atom is -0.383 e. The number of halogens is 1. The van der Waals surface area contributed by atoms with E-state index in [0.717, 1.165) is 42.0 Å². The van der Waals surface area contributed by atoms with Crippen molar-refractivity contribution < 1.29 is 9.53 Å². The molecule has 140 valence electrons. The number of carbonyl (C=O) groups is 1. The minimum absolute atomic E-state index is 0.179. The van der Waals surface area contributed by atoms with Crippen molar-refractivity contribution in [1.29, 1.82) is 0 Å². The van der Waals surface area contributed by atoms with Gasteiger partial charge in [0.05, 0.1) is 13.2 Å². The highest BCUT2D eigenvalue weighted by Crippen LogP contribution is 2.27. The van der Waals surface area contributed by atoms with E-state index >= 15 is 0 Å². The Bertz CT molecular complexity index is 722. The largest absolute Gasteiger partial charge is 0.383 e. The summed E-state index contributed by atoms with van der Waals surface area (Å²) in [4.78, 5) is 14.9. The van der Waals surface area contributed by atoms with E-state index in [2.05, 4.69) is 10.6 Å². The average Bonchev–Trinajstić information content (AvgIpc) is 3.32. The molecule has 5 heteroatoms. The van der Waals surface area contributed by atoms with Crippen molar-refractivity contribution in [1.82, 2.24) is 9.47 Å². The van der Waals surface area contributed by atoms with E-state index in [1.807, 2.05) is 41.4 Å². The Hall–Kier alpha value is -1.78. The highest BCUT2D eigenvalue weighted by atomic mass is 35.5. The van der Waals surface area contributed by atoms with Crippen molar-refractivity contribution in [2.45, 2.75) is 38.8 Å². The van der Waals surface area contributed by atoms with Crippen molar-refractivity contribution in [2.24, 2.45) is 5.92 Å². The lowest BCUT2D eigenvalue weighted by molar-refractivity contribution is -0.136. The molecule has 0 saturated heterocycles. The summed E-state index contributed by atoms with van der Waals surface area (Å²) in [7, 11) is 1.68. The Kier molecular flexibility index (Phi) is 6.75. The van der Waals surface area contributed by atoms with E-state index < -0.39 is 0 Å². The van der Waals surface area contributed by atoms with Gasteiger partial charge in [0.25, 0.3) is 0 Å². The molecule has 0 N–H and O–H groups in total. The van der Waals surface area contributed by atoms with Gasteiger partial charge in [-0.15, -0.1) is 0 Å². The molecule has 0 bridgehead atoms. The van der Waals surface area contributed by atoms with Gasteiger partial charge in [-0.25, -0.2) is 0 Å². The monoisotopic (exact) mass is 374 g/mol. The fourth-order valence-corrected chi connectivity index (χ4v) is 3.85. The molecule has 1 saturated carbocycles. The van der Waals surface area contributed by atoms with Gasteiger partial charge in [-0.3, -0.25) is 4.79 Å². The molecule has 0 atom stereocenters.